The van der Waals surface area contributed by atoms with Crippen LogP contribution in [0.1, 0.15) is 26.2 Å². The first-order valence-electron chi connectivity index (χ1n) is 6.95. The maximum atomic E-state index is 11.7. The van der Waals surface area contributed by atoms with Gasteiger partial charge in [-0.25, -0.2) is 0 Å². The molecule has 5 nitrogen and oxygen atoms in total. The fourth-order valence-electron chi connectivity index (χ4n) is 2.73. The Morgan fingerprint density at radius 1 is 1.44 bits per heavy atom. The molecule has 2 atom stereocenters. The Labute approximate surface area is 109 Å². The summed E-state index contributed by atoms with van der Waals surface area (Å²) >= 11 is 0. The second-order valence-electron chi connectivity index (χ2n) is 5.45. The van der Waals surface area contributed by atoms with Gasteiger partial charge in [0.2, 0.25) is 5.91 Å². The molecule has 104 valence electrons. The maximum absolute atomic E-state index is 11.7. The summed E-state index contributed by atoms with van der Waals surface area (Å²) in [5.74, 6) is 0.0981. The van der Waals surface area contributed by atoms with Gasteiger partial charge in [0.15, 0.2) is 0 Å². The molecule has 2 fully saturated rings. The number of nitrogens with one attached hydrogen (secondary N) is 2. The highest BCUT2D eigenvalue weighted by Crippen LogP contribution is 2.33. The van der Waals surface area contributed by atoms with E-state index in [4.69, 9.17) is 4.74 Å². The largest absolute Gasteiger partial charge is 0.383 e. The molecule has 5 heteroatoms. The normalized spacial score (nSPS) is 28.6. The molecule has 0 aromatic rings. The predicted molar refractivity (Wildman–Crippen MR) is 70.5 cm³/mol. The molecule has 1 amide bonds. The number of rotatable bonds is 7. The standard InChI is InChI=1S/C13H25N3O2/c1-10-7-11(9-16(10)12-3-4-12)15-13(17)8-14-5-6-18-2/h10-12,14H,3-9H2,1-2H3,(H,15,17). The maximum Gasteiger partial charge on any atom is 0.234 e. The number of ether oxygens (including phenoxy) is 1. The highest BCUT2D eigenvalue weighted by atomic mass is 16.5. The van der Waals surface area contributed by atoms with Crippen LogP contribution in [0.3, 0.4) is 0 Å². The summed E-state index contributed by atoms with van der Waals surface area (Å²) in [6, 6.07) is 1.74. The number of nitrogens with zero attached hydrogens (tertiary/aromatic N) is 1. The Bertz CT molecular complexity index is 281. The van der Waals surface area contributed by atoms with Crippen molar-refractivity contribution in [2.75, 3.05) is 33.4 Å². The molecule has 2 aliphatic rings. The van der Waals surface area contributed by atoms with Crippen molar-refractivity contribution in [3.05, 3.63) is 0 Å². The lowest BCUT2D eigenvalue weighted by Gasteiger charge is -2.19. The number of hydrogen-bond donors (Lipinski definition) is 2. The molecule has 1 aliphatic carbocycles. The van der Waals surface area contributed by atoms with Crippen molar-refractivity contribution in [2.24, 2.45) is 0 Å². The first kappa shape index (κ1) is 13.8. The highest BCUT2D eigenvalue weighted by Gasteiger charge is 2.38. The van der Waals surface area contributed by atoms with Crippen LogP contribution < -0.4 is 10.6 Å². The molecule has 0 radical (unpaired) electrons. The van der Waals surface area contributed by atoms with E-state index in [0.717, 1.165) is 25.6 Å². The van der Waals surface area contributed by atoms with Gasteiger partial charge in [0.05, 0.1) is 13.2 Å². The molecule has 0 aromatic carbocycles. The predicted octanol–water partition coefficient (Wildman–Crippen LogP) is -0.0362. The lowest BCUT2D eigenvalue weighted by atomic mass is 10.2. The summed E-state index contributed by atoms with van der Waals surface area (Å²) in [4.78, 5) is 14.3. The van der Waals surface area contributed by atoms with Crippen LogP contribution in [0.4, 0.5) is 0 Å². The van der Waals surface area contributed by atoms with Crippen LogP contribution >= 0.6 is 0 Å². The zero-order valence-corrected chi connectivity index (χ0v) is 11.4. The summed E-state index contributed by atoms with van der Waals surface area (Å²) in [5, 5.41) is 6.18. The van der Waals surface area contributed by atoms with Gasteiger partial charge < -0.3 is 15.4 Å². The molecule has 2 N–H and O–H groups in total. The number of amides is 1. The molecule has 1 saturated carbocycles. The third kappa shape index (κ3) is 3.93. The quantitative estimate of drug-likeness (QED) is 0.627. The van der Waals surface area contributed by atoms with Crippen molar-refractivity contribution in [2.45, 2.75) is 44.3 Å². The Morgan fingerprint density at radius 2 is 2.22 bits per heavy atom. The molecule has 2 rings (SSSR count). The van der Waals surface area contributed by atoms with Crippen LogP contribution in [0.15, 0.2) is 0 Å². The van der Waals surface area contributed by atoms with Crippen molar-refractivity contribution < 1.29 is 9.53 Å². The van der Waals surface area contributed by atoms with E-state index in [1.165, 1.54) is 12.8 Å². The fourth-order valence-corrected chi connectivity index (χ4v) is 2.73. The minimum absolute atomic E-state index is 0.0981. The minimum atomic E-state index is 0.0981. The monoisotopic (exact) mass is 255 g/mol. The van der Waals surface area contributed by atoms with Crippen LogP contribution in [0, 0.1) is 0 Å². The van der Waals surface area contributed by atoms with Gasteiger partial charge in [-0.2, -0.15) is 0 Å². The third-order valence-corrected chi connectivity index (χ3v) is 3.77. The van der Waals surface area contributed by atoms with Gasteiger partial charge in [0, 0.05) is 38.3 Å². The van der Waals surface area contributed by atoms with E-state index >= 15 is 0 Å². The van der Waals surface area contributed by atoms with E-state index in [1.54, 1.807) is 7.11 Å². The highest BCUT2D eigenvalue weighted by molar-refractivity contribution is 5.78. The third-order valence-electron chi connectivity index (χ3n) is 3.77. The average molecular weight is 255 g/mol. The molecular formula is C13H25N3O2. The van der Waals surface area contributed by atoms with Crippen molar-refractivity contribution in [3.8, 4) is 0 Å². The Morgan fingerprint density at radius 3 is 2.89 bits per heavy atom. The summed E-state index contributed by atoms with van der Waals surface area (Å²) in [6.45, 7) is 5.04. The van der Waals surface area contributed by atoms with E-state index in [2.05, 4.69) is 22.5 Å². The smallest absolute Gasteiger partial charge is 0.234 e. The van der Waals surface area contributed by atoms with Gasteiger partial charge in [-0.3, -0.25) is 9.69 Å². The fraction of sp³-hybridized carbons (Fsp3) is 0.923. The molecule has 1 heterocycles. The van der Waals surface area contributed by atoms with Crippen LogP contribution in [0.5, 0.6) is 0 Å². The molecule has 0 bridgehead atoms. The molecular weight excluding hydrogens is 230 g/mol. The molecule has 18 heavy (non-hydrogen) atoms. The summed E-state index contributed by atoms with van der Waals surface area (Å²) in [6.07, 6.45) is 3.76. The van der Waals surface area contributed by atoms with E-state index in [9.17, 15) is 4.79 Å². The lowest BCUT2D eigenvalue weighted by Crippen LogP contribution is -2.42. The molecule has 0 aromatic heterocycles. The summed E-state index contributed by atoms with van der Waals surface area (Å²) < 4.78 is 4.92. The second kappa shape index (κ2) is 6.50. The number of carbonyl (C=O) groups excluding carboxylic acids is 1. The van der Waals surface area contributed by atoms with Crippen molar-refractivity contribution in [1.82, 2.24) is 15.5 Å². The van der Waals surface area contributed by atoms with Gasteiger partial charge in [0.25, 0.3) is 0 Å². The van der Waals surface area contributed by atoms with Gasteiger partial charge in [-0.05, 0) is 26.2 Å². The van der Waals surface area contributed by atoms with E-state index < -0.39 is 0 Å². The molecule has 0 spiro atoms. The molecule has 1 saturated heterocycles. The van der Waals surface area contributed by atoms with Gasteiger partial charge in [-0.1, -0.05) is 0 Å². The van der Waals surface area contributed by atoms with Gasteiger partial charge >= 0.3 is 0 Å². The topological polar surface area (TPSA) is 53.6 Å². The van der Waals surface area contributed by atoms with E-state index in [-0.39, 0.29) is 5.91 Å². The summed E-state index contributed by atoms with van der Waals surface area (Å²) in [5.41, 5.74) is 0. The van der Waals surface area contributed by atoms with Crippen molar-refractivity contribution in [3.63, 3.8) is 0 Å². The Hall–Kier alpha value is -0.650. The van der Waals surface area contributed by atoms with E-state index in [0.29, 0.717) is 25.2 Å². The Balaban J connectivity index is 1.62. The zero-order valence-electron chi connectivity index (χ0n) is 11.4. The number of carbonyl (C=O) groups is 1. The Kier molecular flexibility index (Phi) is 4.97. The number of likely N-dealkylation sites (tertiary alicyclic amines) is 1. The van der Waals surface area contributed by atoms with Crippen LogP contribution in [-0.2, 0) is 9.53 Å². The van der Waals surface area contributed by atoms with E-state index in [1.807, 2.05) is 0 Å². The second-order valence-corrected chi connectivity index (χ2v) is 5.45. The number of methoxy groups -OCH3 is 1. The van der Waals surface area contributed by atoms with Crippen LogP contribution in [-0.4, -0.2) is 62.3 Å². The molecule has 2 unspecified atom stereocenters. The zero-order chi connectivity index (χ0) is 13.0. The van der Waals surface area contributed by atoms with Crippen LogP contribution in [0.2, 0.25) is 0 Å². The molecule has 1 aliphatic heterocycles. The number of hydrogen-bond acceptors (Lipinski definition) is 4. The van der Waals surface area contributed by atoms with Crippen molar-refractivity contribution in [1.29, 1.82) is 0 Å². The van der Waals surface area contributed by atoms with Gasteiger partial charge in [-0.15, -0.1) is 0 Å². The van der Waals surface area contributed by atoms with Gasteiger partial charge in [0.1, 0.15) is 0 Å². The average Bonchev–Trinajstić information content (AvgIpc) is 3.10. The van der Waals surface area contributed by atoms with Crippen LogP contribution in [0.25, 0.3) is 0 Å². The summed E-state index contributed by atoms with van der Waals surface area (Å²) in [7, 11) is 1.66. The first-order valence-corrected chi connectivity index (χ1v) is 6.95. The first-order chi connectivity index (χ1) is 8.70. The lowest BCUT2D eigenvalue weighted by molar-refractivity contribution is -0.120. The SMILES string of the molecule is COCCNCC(=O)NC1CC(C)N(C2CC2)C1. The van der Waals surface area contributed by atoms with Crippen molar-refractivity contribution >= 4 is 5.91 Å². The minimum Gasteiger partial charge on any atom is -0.383 e.